The van der Waals surface area contributed by atoms with Crippen LogP contribution in [0.3, 0.4) is 0 Å². The third kappa shape index (κ3) is 5.03. The molecule has 1 saturated carbocycles. The zero-order valence-electron chi connectivity index (χ0n) is 20.5. The molecule has 0 unspecified atom stereocenters. The van der Waals surface area contributed by atoms with E-state index in [1.807, 2.05) is 25.2 Å². The van der Waals surface area contributed by atoms with E-state index in [1.54, 1.807) is 44.3 Å². The van der Waals surface area contributed by atoms with Crippen molar-refractivity contribution in [2.75, 3.05) is 12.4 Å². The maximum atomic E-state index is 12.5. The van der Waals surface area contributed by atoms with E-state index < -0.39 is 15.1 Å². The molecule has 2 aromatic heterocycles. The zero-order chi connectivity index (χ0) is 25.3. The average molecular weight is 504 g/mol. The molecular formula is C27H29N5O3S. The summed E-state index contributed by atoms with van der Waals surface area (Å²) in [4.78, 5) is 9.78. The van der Waals surface area contributed by atoms with E-state index in [2.05, 4.69) is 32.9 Å². The molecule has 0 aliphatic heterocycles. The molecular weight excluding hydrogens is 474 g/mol. The third-order valence-corrected chi connectivity index (χ3v) is 8.33. The fourth-order valence-electron chi connectivity index (χ4n) is 3.83. The van der Waals surface area contributed by atoms with Gasteiger partial charge in [0.05, 0.1) is 22.0 Å². The molecule has 0 radical (unpaired) electrons. The minimum Gasteiger partial charge on any atom is -0.365 e. The van der Waals surface area contributed by atoms with Gasteiger partial charge in [-0.25, -0.2) is 18.4 Å². The summed E-state index contributed by atoms with van der Waals surface area (Å²) in [6.07, 6.45) is 3.88. The lowest BCUT2D eigenvalue weighted by Crippen LogP contribution is -2.13. The molecule has 4 aromatic rings. The Morgan fingerprint density at radius 2 is 1.67 bits per heavy atom. The molecule has 5 rings (SSSR count). The van der Waals surface area contributed by atoms with Crippen molar-refractivity contribution in [3.8, 4) is 34.0 Å². The quantitative estimate of drug-likeness (QED) is 0.330. The number of nitrogens with one attached hydrogen (secondary N) is 2. The molecule has 36 heavy (non-hydrogen) atoms. The molecule has 0 atom stereocenters. The van der Waals surface area contributed by atoms with E-state index >= 15 is 0 Å². The average Bonchev–Trinajstić information content (AvgIpc) is 3.57. The van der Waals surface area contributed by atoms with Crippen LogP contribution < -0.4 is 10.6 Å². The Bertz CT molecular complexity index is 1460. The number of hydrogen-bond donors (Lipinski definition) is 2. The highest BCUT2D eigenvalue weighted by Crippen LogP contribution is 2.34. The monoisotopic (exact) mass is 503 g/mol. The molecule has 186 valence electrons. The predicted octanol–water partition coefficient (Wildman–Crippen LogP) is 4.94. The van der Waals surface area contributed by atoms with Gasteiger partial charge in [-0.2, -0.15) is 0 Å². The van der Waals surface area contributed by atoms with Gasteiger partial charge < -0.3 is 15.2 Å². The fraction of sp³-hybridized carbons (Fsp3) is 0.296. The molecule has 1 aliphatic rings. The Morgan fingerprint density at radius 3 is 2.31 bits per heavy atom. The number of benzene rings is 2. The van der Waals surface area contributed by atoms with E-state index in [0.717, 1.165) is 30.5 Å². The normalized spacial score (nSPS) is 13.8. The summed E-state index contributed by atoms with van der Waals surface area (Å²) in [5, 5.41) is 10.4. The van der Waals surface area contributed by atoms with E-state index in [0.29, 0.717) is 39.6 Å². The van der Waals surface area contributed by atoms with Crippen LogP contribution in [0.1, 0.15) is 32.3 Å². The number of aromatic nitrogens is 3. The van der Waals surface area contributed by atoms with E-state index in [4.69, 9.17) is 9.51 Å². The van der Waals surface area contributed by atoms with Crippen molar-refractivity contribution in [2.45, 2.75) is 49.4 Å². The molecule has 1 aliphatic carbocycles. The Kier molecular flexibility index (Phi) is 6.59. The first-order valence-corrected chi connectivity index (χ1v) is 13.6. The van der Waals surface area contributed by atoms with Crippen LogP contribution in [-0.2, 0) is 16.4 Å². The summed E-state index contributed by atoms with van der Waals surface area (Å²) in [5.74, 6) is 1.16. The topological polar surface area (TPSA) is 110 Å². The standard InChI is InChI=1S/C27H29N5O3S/c1-17(2)36(33,34)22-12-8-20(9-13-22)24-16-29-27(30-21-10-11-21)26(31-24)25-14-23(32-35-25)19-6-4-18(5-7-19)15-28-3/h4-9,12-14,16-17,21,28H,10-11,15H2,1-3H3,(H,29,30). The minimum atomic E-state index is -3.34. The fourth-order valence-corrected chi connectivity index (χ4v) is 4.89. The van der Waals surface area contributed by atoms with Crippen LogP contribution in [0.15, 0.2) is 70.2 Å². The molecule has 0 spiro atoms. The first-order chi connectivity index (χ1) is 17.3. The maximum Gasteiger partial charge on any atom is 0.189 e. The van der Waals surface area contributed by atoms with Crippen LogP contribution in [0.4, 0.5) is 5.82 Å². The minimum absolute atomic E-state index is 0.294. The largest absolute Gasteiger partial charge is 0.365 e. The second-order valence-electron chi connectivity index (χ2n) is 9.29. The van der Waals surface area contributed by atoms with Crippen molar-refractivity contribution in [1.29, 1.82) is 0 Å². The van der Waals surface area contributed by atoms with Gasteiger partial charge in [0.25, 0.3) is 0 Å². The summed E-state index contributed by atoms with van der Waals surface area (Å²) in [7, 11) is -1.42. The van der Waals surface area contributed by atoms with Crippen molar-refractivity contribution in [3.63, 3.8) is 0 Å². The van der Waals surface area contributed by atoms with Crippen molar-refractivity contribution in [2.24, 2.45) is 0 Å². The van der Waals surface area contributed by atoms with Gasteiger partial charge in [-0.05, 0) is 51.4 Å². The van der Waals surface area contributed by atoms with Crippen molar-refractivity contribution >= 4 is 15.7 Å². The van der Waals surface area contributed by atoms with Gasteiger partial charge in [-0.1, -0.05) is 41.6 Å². The van der Waals surface area contributed by atoms with Crippen LogP contribution in [0, 0.1) is 0 Å². The lowest BCUT2D eigenvalue weighted by atomic mass is 10.1. The number of sulfone groups is 1. The van der Waals surface area contributed by atoms with Gasteiger partial charge in [0.1, 0.15) is 5.69 Å². The van der Waals surface area contributed by atoms with Gasteiger partial charge >= 0.3 is 0 Å². The van der Waals surface area contributed by atoms with Crippen LogP contribution >= 0.6 is 0 Å². The summed E-state index contributed by atoms with van der Waals surface area (Å²) in [5.41, 5.74) is 4.82. The van der Waals surface area contributed by atoms with Crippen molar-refractivity contribution < 1.29 is 12.9 Å². The first-order valence-electron chi connectivity index (χ1n) is 12.0. The van der Waals surface area contributed by atoms with E-state index in [-0.39, 0.29) is 0 Å². The smallest absolute Gasteiger partial charge is 0.189 e. The van der Waals surface area contributed by atoms with E-state index in [1.165, 1.54) is 5.56 Å². The zero-order valence-corrected chi connectivity index (χ0v) is 21.3. The number of nitrogens with zero attached hydrogens (tertiary/aromatic N) is 3. The van der Waals surface area contributed by atoms with E-state index in [9.17, 15) is 8.42 Å². The second-order valence-corrected chi connectivity index (χ2v) is 11.8. The molecule has 0 saturated heterocycles. The molecule has 2 N–H and O–H groups in total. The molecule has 0 amide bonds. The van der Waals surface area contributed by atoms with Crippen LogP contribution in [0.5, 0.6) is 0 Å². The van der Waals surface area contributed by atoms with Gasteiger partial charge in [0.15, 0.2) is 27.1 Å². The van der Waals surface area contributed by atoms with Crippen LogP contribution in [0.2, 0.25) is 0 Å². The predicted molar refractivity (Wildman–Crippen MR) is 140 cm³/mol. The summed E-state index contributed by atoms with van der Waals surface area (Å²) < 4.78 is 30.7. The molecule has 0 bridgehead atoms. The number of rotatable bonds is 9. The molecule has 9 heteroatoms. The lowest BCUT2D eigenvalue weighted by molar-refractivity contribution is 0.433. The SMILES string of the molecule is CNCc1ccc(-c2cc(-c3nc(-c4ccc(S(=O)(=O)C(C)C)cc4)cnc3NC3CC3)on2)cc1. The molecule has 2 aromatic carbocycles. The van der Waals surface area contributed by atoms with Gasteiger partial charge in [-0.3, -0.25) is 0 Å². The maximum absolute atomic E-state index is 12.5. The lowest BCUT2D eigenvalue weighted by Gasteiger charge is -2.11. The molecule has 1 fully saturated rings. The highest BCUT2D eigenvalue weighted by Gasteiger charge is 2.25. The number of anilines is 1. The molecule has 2 heterocycles. The van der Waals surface area contributed by atoms with Crippen LogP contribution in [-0.4, -0.2) is 41.9 Å². The van der Waals surface area contributed by atoms with Gasteiger partial charge in [-0.15, -0.1) is 0 Å². The van der Waals surface area contributed by atoms with Crippen LogP contribution in [0.25, 0.3) is 34.0 Å². The summed E-state index contributed by atoms with van der Waals surface area (Å²) in [6.45, 7) is 4.15. The van der Waals surface area contributed by atoms with Crippen molar-refractivity contribution in [3.05, 3.63) is 66.4 Å². The highest BCUT2D eigenvalue weighted by molar-refractivity contribution is 7.92. The Hall–Kier alpha value is -3.56. The summed E-state index contributed by atoms with van der Waals surface area (Å²) in [6, 6.07) is 17.2. The first kappa shape index (κ1) is 24.1. The molecule has 8 nitrogen and oxygen atoms in total. The van der Waals surface area contributed by atoms with Crippen molar-refractivity contribution in [1.82, 2.24) is 20.4 Å². The van der Waals surface area contributed by atoms with Gasteiger partial charge in [0.2, 0.25) is 0 Å². The summed E-state index contributed by atoms with van der Waals surface area (Å²) >= 11 is 0. The third-order valence-electron chi connectivity index (χ3n) is 6.16. The van der Waals surface area contributed by atoms with Gasteiger partial charge in [0, 0.05) is 29.8 Å². The highest BCUT2D eigenvalue weighted by atomic mass is 32.2. The Balaban J connectivity index is 1.48. The Labute approximate surface area is 211 Å². The Morgan fingerprint density at radius 1 is 1.00 bits per heavy atom. The number of hydrogen-bond acceptors (Lipinski definition) is 8. The second kappa shape index (κ2) is 9.83.